The van der Waals surface area contributed by atoms with Gasteiger partial charge < -0.3 is 0 Å². The van der Waals surface area contributed by atoms with Crippen LogP contribution in [0.25, 0.3) is 0 Å². The quantitative estimate of drug-likeness (QED) is 0.480. The van der Waals surface area contributed by atoms with Gasteiger partial charge in [0.1, 0.15) is 0 Å². The molecule has 0 saturated heterocycles. The third-order valence-corrected chi connectivity index (χ3v) is 6.23. The van der Waals surface area contributed by atoms with Gasteiger partial charge in [-0.1, -0.05) is 99.4 Å². The first kappa shape index (κ1) is 26.2. The third-order valence-electron chi connectivity index (χ3n) is 6.23. The van der Waals surface area contributed by atoms with E-state index in [0.29, 0.717) is 0 Å². The first-order valence-corrected chi connectivity index (χ1v) is 8.95. The Morgan fingerprint density at radius 3 is 2.12 bits per heavy atom. The van der Waals surface area contributed by atoms with Crippen LogP contribution in [0.3, 0.4) is 0 Å². The van der Waals surface area contributed by atoms with Crippen LogP contribution in [-0.2, 0) is 0 Å². The van der Waals surface area contributed by atoms with Crippen molar-refractivity contribution in [3.8, 4) is 0 Å². The molecule has 1 fully saturated rings. The summed E-state index contributed by atoms with van der Waals surface area (Å²) in [5, 5.41) is 0. The standard InChI is InChI=1S/C21H30.4CH4/c1-4-8-18-12-11-15(2)19-13-14-20(16(3)21(18)19)17-9-6-5-7-10-17;;;;/h5-7,9-12,15-16,18-21H,4,8,13-14H2,1-3H3;4*1H4. The van der Waals surface area contributed by atoms with E-state index in [1.807, 2.05) is 0 Å². The van der Waals surface area contributed by atoms with Crippen molar-refractivity contribution in [3.05, 3.63) is 48.0 Å². The lowest BCUT2D eigenvalue weighted by atomic mass is 9.56. The molecule has 6 unspecified atom stereocenters. The van der Waals surface area contributed by atoms with Crippen LogP contribution >= 0.6 is 0 Å². The maximum Gasteiger partial charge on any atom is -0.0133 e. The van der Waals surface area contributed by atoms with Crippen LogP contribution in [0.5, 0.6) is 0 Å². The topological polar surface area (TPSA) is 0 Å². The SMILES string of the molecule is C.C.C.C.CCCC1C=CC(C)C2CCC(c3ccccc3)C(C)C12. The lowest BCUT2D eigenvalue weighted by Gasteiger charge is -2.49. The third kappa shape index (κ3) is 5.22. The zero-order chi connectivity index (χ0) is 14.8. The molecule has 0 amide bonds. The minimum Gasteiger partial charge on any atom is -0.0851 e. The van der Waals surface area contributed by atoms with E-state index in [1.54, 1.807) is 5.56 Å². The highest BCUT2D eigenvalue weighted by molar-refractivity contribution is 5.22. The fourth-order valence-electron chi connectivity index (χ4n) is 5.19. The Kier molecular flexibility index (Phi) is 12.1. The lowest BCUT2D eigenvalue weighted by molar-refractivity contribution is 0.0642. The molecule has 0 bridgehead atoms. The largest absolute Gasteiger partial charge is 0.0851 e. The van der Waals surface area contributed by atoms with Gasteiger partial charge in [-0.25, -0.2) is 0 Å². The summed E-state index contributed by atoms with van der Waals surface area (Å²) in [6.45, 7) is 7.30. The Balaban J connectivity index is 0. The van der Waals surface area contributed by atoms with E-state index in [4.69, 9.17) is 0 Å². The number of hydrogen-bond acceptors (Lipinski definition) is 0. The zero-order valence-electron chi connectivity index (χ0n) is 13.8. The monoisotopic (exact) mass is 346 g/mol. The summed E-state index contributed by atoms with van der Waals surface area (Å²) < 4.78 is 0. The van der Waals surface area contributed by atoms with E-state index in [2.05, 4.69) is 63.3 Å². The molecule has 0 nitrogen and oxygen atoms in total. The van der Waals surface area contributed by atoms with Gasteiger partial charge in [0.2, 0.25) is 0 Å². The van der Waals surface area contributed by atoms with Crippen molar-refractivity contribution in [3.63, 3.8) is 0 Å². The van der Waals surface area contributed by atoms with Gasteiger partial charge in [-0.15, -0.1) is 0 Å². The molecular weight excluding hydrogens is 300 g/mol. The number of hydrogen-bond donors (Lipinski definition) is 0. The minimum absolute atomic E-state index is 0. The summed E-state index contributed by atoms with van der Waals surface area (Å²) in [5.41, 5.74) is 1.57. The molecule has 0 aliphatic heterocycles. The first-order chi connectivity index (χ1) is 10.2. The van der Waals surface area contributed by atoms with Gasteiger partial charge in [-0.2, -0.15) is 0 Å². The van der Waals surface area contributed by atoms with E-state index in [-0.39, 0.29) is 29.7 Å². The predicted octanol–water partition coefficient (Wildman–Crippen LogP) is 8.60. The number of rotatable bonds is 3. The Morgan fingerprint density at radius 1 is 0.880 bits per heavy atom. The summed E-state index contributed by atoms with van der Waals surface area (Å²) in [4.78, 5) is 0. The molecule has 0 spiro atoms. The molecule has 3 rings (SSSR count). The van der Waals surface area contributed by atoms with Crippen LogP contribution in [0, 0.1) is 29.6 Å². The summed E-state index contributed by atoms with van der Waals surface area (Å²) in [5.74, 6) is 4.99. The zero-order valence-corrected chi connectivity index (χ0v) is 13.8. The van der Waals surface area contributed by atoms with Crippen LogP contribution in [0.15, 0.2) is 42.5 Å². The molecule has 6 atom stereocenters. The van der Waals surface area contributed by atoms with Gasteiger partial charge >= 0.3 is 0 Å². The van der Waals surface area contributed by atoms with E-state index in [0.717, 1.165) is 35.5 Å². The van der Waals surface area contributed by atoms with Crippen LogP contribution < -0.4 is 0 Å². The van der Waals surface area contributed by atoms with Gasteiger partial charge in [-0.05, 0) is 60.3 Å². The highest BCUT2D eigenvalue weighted by Gasteiger charge is 2.43. The molecule has 1 saturated carbocycles. The Morgan fingerprint density at radius 2 is 1.52 bits per heavy atom. The van der Waals surface area contributed by atoms with Crippen molar-refractivity contribution in [1.82, 2.24) is 0 Å². The Labute approximate surface area is 160 Å². The van der Waals surface area contributed by atoms with Crippen LogP contribution in [-0.4, -0.2) is 0 Å². The van der Waals surface area contributed by atoms with Crippen molar-refractivity contribution < 1.29 is 0 Å². The van der Waals surface area contributed by atoms with E-state index in [1.165, 1.54) is 25.7 Å². The predicted molar refractivity (Wildman–Crippen MR) is 118 cm³/mol. The van der Waals surface area contributed by atoms with Crippen molar-refractivity contribution >= 4 is 0 Å². The van der Waals surface area contributed by atoms with Crippen molar-refractivity contribution in [2.75, 3.05) is 0 Å². The van der Waals surface area contributed by atoms with Crippen LogP contribution in [0.2, 0.25) is 0 Å². The van der Waals surface area contributed by atoms with Gasteiger partial charge in [-0.3, -0.25) is 0 Å². The first-order valence-electron chi connectivity index (χ1n) is 8.95. The van der Waals surface area contributed by atoms with E-state index >= 15 is 0 Å². The molecule has 1 aromatic carbocycles. The van der Waals surface area contributed by atoms with Crippen LogP contribution in [0.1, 0.15) is 87.6 Å². The Bertz CT molecular complexity index is 472. The fraction of sp³-hybridized carbons (Fsp3) is 0.680. The van der Waals surface area contributed by atoms with Crippen molar-refractivity contribution in [2.24, 2.45) is 29.6 Å². The average molecular weight is 347 g/mol. The van der Waals surface area contributed by atoms with Gasteiger partial charge in [0.15, 0.2) is 0 Å². The smallest absolute Gasteiger partial charge is 0.0133 e. The second-order valence-electron chi connectivity index (χ2n) is 7.39. The van der Waals surface area contributed by atoms with Gasteiger partial charge in [0.05, 0.1) is 0 Å². The summed E-state index contributed by atoms with van der Waals surface area (Å²) >= 11 is 0. The fourth-order valence-corrected chi connectivity index (χ4v) is 5.19. The maximum absolute atomic E-state index is 2.55. The second kappa shape index (κ2) is 11.6. The molecule has 0 radical (unpaired) electrons. The molecule has 25 heavy (non-hydrogen) atoms. The van der Waals surface area contributed by atoms with Gasteiger partial charge in [0.25, 0.3) is 0 Å². The van der Waals surface area contributed by atoms with Crippen molar-refractivity contribution in [1.29, 1.82) is 0 Å². The molecule has 2 aliphatic rings. The second-order valence-corrected chi connectivity index (χ2v) is 7.39. The molecule has 0 heteroatoms. The summed E-state index contributed by atoms with van der Waals surface area (Å²) in [7, 11) is 0. The Hall–Kier alpha value is -1.04. The number of allylic oxidation sites excluding steroid dienone is 2. The van der Waals surface area contributed by atoms with Crippen LogP contribution in [0.4, 0.5) is 0 Å². The molecule has 0 heterocycles. The molecule has 0 N–H and O–H groups in total. The highest BCUT2D eigenvalue weighted by Crippen LogP contribution is 2.52. The lowest BCUT2D eigenvalue weighted by Crippen LogP contribution is -2.40. The highest BCUT2D eigenvalue weighted by atomic mass is 14.5. The molecular formula is C25H46. The molecule has 1 aromatic rings. The summed E-state index contributed by atoms with van der Waals surface area (Å²) in [6.07, 6.45) is 10.5. The average Bonchev–Trinajstić information content (AvgIpc) is 2.51. The molecule has 146 valence electrons. The maximum atomic E-state index is 2.55. The number of fused-ring (bicyclic) bond motifs is 1. The van der Waals surface area contributed by atoms with Crippen molar-refractivity contribution in [2.45, 2.75) is 82.1 Å². The summed E-state index contributed by atoms with van der Waals surface area (Å²) in [6, 6.07) is 11.3. The van der Waals surface area contributed by atoms with E-state index < -0.39 is 0 Å². The minimum atomic E-state index is 0. The molecule has 2 aliphatic carbocycles. The van der Waals surface area contributed by atoms with E-state index in [9.17, 15) is 0 Å². The normalized spacial score (nSPS) is 32.8. The molecule has 0 aromatic heterocycles. The number of benzene rings is 1. The van der Waals surface area contributed by atoms with Gasteiger partial charge in [0, 0.05) is 0 Å².